The number of alkyl halides is 1. The molecule has 1 saturated carbocycles. The lowest BCUT2D eigenvalue weighted by atomic mass is 9.79. The molecule has 6 heteroatoms. The topological polar surface area (TPSA) is 59.0 Å². The number of fused-ring (bicyclic) bond motifs is 1. The molecule has 1 aliphatic heterocycles. The number of hydrogen-bond acceptors (Lipinski definition) is 4. The van der Waals surface area contributed by atoms with E-state index in [1.807, 2.05) is 30.3 Å². The lowest BCUT2D eigenvalue weighted by Crippen LogP contribution is -2.32. The van der Waals surface area contributed by atoms with Gasteiger partial charge in [-0.2, -0.15) is 5.10 Å². The lowest BCUT2D eigenvalue weighted by Gasteiger charge is -2.27. The van der Waals surface area contributed by atoms with Crippen molar-refractivity contribution in [3.8, 4) is 0 Å². The van der Waals surface area contributed by atoms with Crippen LogP contribution in [0.2, 0.25) is 0 Å². The Morgan fingerprint density at radius 2 is 2.17 bits per heavy atom. The summed E-state index contributed by atoms with van der Waals surface area (Å²) in [6.45, 7) is 0. The fraction of sp³-hybridized carbons (Fsp3) is 0.333. The molecule has 2 atom stereocenters. The van der Waals surface area contributed by atoms with Crippen LogP contribution in [0, 0.1) is 5.92 Å². The van der Waals surface area contributed by atoms with Gasteiger partial charge < -0.3 is 8.83 Å². The smallest absolute Gasteiger partial charge is 0.258 e. The number of hydrazone groups is 1. The van der Waals surface area contributed by atoms with Crippen molar-refractivity contribution in [3.63, 3.8) is 0 Å². The minimum Gasteiger partial charge on any atom is -0.467 e. The minimum atomic E-state index is -0.221. The summed E-state index contributed by atoms with van der Waals surface area (Å²) in [5.74, 6) is 1.36. The van der Waals surface area contributed by atoms with E-state index in [1.165, 1.54) is 5.01 Å². The zero-order valence-electron chi connectivity index (χ0n) is 13.0. The number of halogens is 1. The molecule has 0 radical (unpaired) electrons. The van der Waals surface area contributed by atoms with E-state index in [4.69, 9.17) is 20.4 Å². The summed E-state index contributed by atoms with van der Waals surface area (Å²) in [6, 6.07) is 7.28. The number of carbonyl (C=O) groups excluding carboxylic acids is 1. The second-order valence-corrected chi connectivity index (χ2v) is 6.27. The number of nitrogens with zero attached hydrogens (tertiary/aromatic N) is 2. The average Bonchev–Trinajstić information content (AvgIpc) is 3.33. The van der Waals surface area contributed by atoms with E-state index < -0.39 is 0 Å². The highest BCUT2D eigenvalue weighted by Crippen LogP contribution is 2.44. The molecular formula is C18H17ClN2O3. The third kappa shape index (κ3) is 2.59. The van der Waals surface area contributed by atoms with Gasteiger partial charge in [0.1, 0.15) is 23.4 Å². The van der Waals surface area contributed by atoms with Crippen LogP contribution < -0.4 is 0 Å². The van der Waals surface area contributed by atoms with Gasteiger partial charge in [0, 0.05) is 5.92 Å². The standard InChI is InChI=1S/C18H17ClN2O3/c19-11-16(22)21-18(15-7-3-9-24-15)14-6-1-4-12(17(14)20-21)10-13-5-2-8-23-13/h2-3,5,7-10,14,18H,1,4,6,11H2/b12-10-/t14-,18-/m0/s1. The summed E-state index contributed by atoms with van der Waals surface area (Å²) in [5.41, 5.74) is 2.06. The molecule has 0 unspecified atom stereocenters. The maximum absolute atomic E-state index is 12.3. The molecule has 2 aromatic heterocycles. The molecule has 4 rings (SSSR count). The fourth-order valence-electron chi connectivity index (χ4n) is 3.55. The summed E-state index contributed by atoms with van der Waals surface area (Å²) >= 11 is 5.79. The van der Waals surface area contributed by atoms with E-state index in [9.17, 15) is 4.79 Å². The van der Waals surface area contributed by atoms with Crippen molar-refractivity contribution < 1.29 is 13.6 Å². The van der Waals surface area contributed by atoms with Crippen LogP contribution in [-0.2, 0) is 4.79 Å². The van der Waals surface area contributed by atoms with Gasteiger partial charge in [0.15, 0.2) is 0 Å². The van der Waals surface area contributed by atoms with Crippen LogP contribution in [-0.4, -0.2) is 22.5 Å². The number of hydrogen-bond donors (Lipinski definition) is 0. The van der Waals surface area contributed by atoms with Crippen molar-refractivity contribution in [2.75, 3.05) is 5.88 Å². The van der Waals surface area contributed by atoms with Gasteiger partial charge in [-0.15, -0.1) is 11.6 Å². The molecule has 5 nitrogen and oxygen atoms in total. The van der Waals surface area contributed by atoms with Crippen LogP contribution >= 0.6 is 11.6 Å². The van der Waals surface area contributed by atoms with Crippen LogP contribution in [0.4, 0.5) is 0 Å². The first-order valence-corrected chi connectivity index (χ1v) is 8.56. The predicted molar refractivity (Wildman–Crippen MR) is 90.5 cm³/mol. The molecule has 24 heavy (non-hydrogen) atoms. The molecule has 2 aromatic rings. The maximum atomic E-state index is 12.3. The second kappa shape index (κ2) is 6.32. The van der Waals surface area contributed by atoms with Crippen molar-refractivity contribution in [1.29, 1.82) is 0 Å². The fourth-order valence-corrected chi connectivity index (χ4v) is 3.67. The highest BCUT2D eigenvalue weighted by atomic mass is 35.5. The van der Waals surface area contributed by atoms with Gasteiger partial charge in [0.2, 0.25) is 0 Å². The van der Waals surface area contributed by atoms with Crippen molar-refractivity contribution in [2.24, 2.45) is 11.0 Å². The van der Waals surface area contributed by atoms with Crippen LogP contribution in [0.5, 0.6) is 0 Å². The summed E-state index contributed by atoms with van der Waals surface area (Å²) < 4.78 is 11.0. The first-order chi connectivity index (χ1) is 11.8. The molecule has 1 aliphatic carbocycles. The summed E-state index contributed by atoms with van der Waals surface area (Å²) in [7, 11) is 0. The Balaban J connectivity index is 1.74. The Bertz CT molecular complexity index is 777. The van der Waals surface area contributed by atoms with Crippen LogP contribution in [0.25, 0.3) is 6.08 Å². The Kier molecular flexibility index (Phi) is 4.02. The molecule has 1 amide bonds. The monoisotopic (exact) mass is 344 g/mol. The molecule has 0 spiro atoms. The zero-order valence-corrected chi connectivity index (χ0v) is 13.8. The SMILES string of the molecule is O=C(CCl)N1N=C2/C(=C\c3ccco3)CCC[C@@H]2[C@H]1c1ccco1. The average molecular weight is 345 g/mol. The third-order valence-corrected chi connectivity index (χ3v) is 4.79. The largest absolute Gasteiger partial charge is 0.467 e. The predicted octanol–water partition coefficient (Wildman–Crippen LogP) is 4.23. The van der Waals surface area contributed by atoms with Crippen molar-refractivity contribution in [1.82, 2.24) is 5.01 Å². The van der Waals surface area contributed by atoms with E-state index in [2.05, 4.69) is 5.10 Å². The lowest BCUT2D eigenvalue weighted by molar-refractivity contribution is -0.131. The van der Waals surface area contributed by atoms with E-state index in [-0.39, 0.29) is 23.7 Å². The highest BCUT2D eigenvalue weighted by Gasteiger charge is 2.44. The van der Waals surface area contributed by atoms with E-state index in [0.717, 1.165) is 42.1 Å². The van der Waals surface area contributed by atoms with Gasteiger partial charge in [0.05, 0.1) is 18.2 Å². The molecule has 0 aromatic carbocycles. The summed E-state index contributed by atoms with van der Waals surface area (Å²) in [6.07, 6.45) is 8.21. The van der Waals surface area contributed by atoms with Gasteiger partial charge in [-0.3, -0.25) is 4.79 Å². The number of amides is 1. The number of carbonyl (C=O) groups is 1. The Morgan fingerprint density at radius 1 is 1.33 bits per heavy atom. The van der Waals surface area contributed by atoms with Crippen LogP contribution in [0.15, 0.2) is 56.3 Å². The van der Waals surface area contributed by atoms with Crippen molar-refractivity contribution in [2.45, 2.75) is 25.3 Å². The number of rotatable bonds is 3. The Morgan fingerprint density at radius 3 is 2.88 bits per heavy atom. The van der Waals surface area contributed by atoms with E-state index >= 15 is 0 Å². The van der Waals surface area contributed by atoms with E-state index in [1.54, 1.807) is 12.5 Å². The Labute approximate surface area is 144 Å². The molecule has 2 aliphatic rings. The van der Waals surface area contributed by atoms with Crippen molar-refractivity contribution in [3.05, 3.63) is 53.9 Å². The summed E-state index contributed by atoms with van der Waals surface area (Å²) in [4.78, 5) is 12.3. The molecule has 3 heterocycles. The normalized spacial score (nSPS) is 25.0. The van der Waals surface area contributed by atoms with Gasteiger partial charge in [0.25, 0.3) is 5.91 Å². The second-order valence-electron chi connectivity index (χ2n) is 6.00. The number of furan rings is 2. The maximum Gasteiger partial charge on any atom is 0.258 e. The van der Waals surface area contributed by atoms with Crippen LogP contribution in [0.3, 0.4) is 0 Å². The minimum absolute atomic E-state index is 0.0993. The first kappa shape index (κ1) is 15.3. The third-order valence-electron chi connectivity index (χ3n) is 4.57. The molecular weight excluding hydrogens is 328 g/mol. The number of allylic oxidation sites excluding steroid dienone is 1. The molecule has 0 bridgehead atoms. The molecule has 1 fully saturated rings. The Hall–Kier alpha value is -2.27. The summed E-state index contributed by atoms with van der Waals surface area (Å²) in [5, 5.41) is 6.12. The van der Waals surface area contributed by atoms with Crippen LogP contribution in [0.1, 0.15) is 36.8 Å². The van der Waals surface area contributed by atoms with Gasteiger partial charge in [-0.05, 0) is 55.2 Å². The van der Waals surface area contributed by atoms with Gasteiger partial charge in [-0.1, -0.05) is 0 Å². The molecule has 0 saturated heterocycles. The quantitative estimate of drug-likeness (QED) is 0.783. The van der Waals surface area contributed by atoms with Gasteiger partial charge in [-0.25, -0.2) is 5.01 Å². The first-order valence-electron chi connectivity index (χ1n) is 8.02. The molecule has 124 valence electrons. The molecule has 0 N–H and O–H groups in total. The van der Waals surface area contributed by atoms with Gasteiger partial charge >= 0.3 is 0 Å². The van der Waals surface area contributed by atoms with Crippen molar-refractivity contribution >= 4 is 29.3 Å². The highest BCUT2D eigenvalue weighted by molar-refractivity contribution is 6.27. The van der Waals surface area contributed by atoms with E-state index in [0.29, 0.717) is 0 Å². The zero-order chi connectivity index (χ0) is 16.5.